The first-order chi connectivity index (χ1) is 10.1. The lowest BCUT2D eigenvalue weighted by atomic mass is 9.96. The van der Waals surface area contributed by atoms with Gasteiger partial charge in [-0.15, -0.1) is 0 Å². The topological polar surface area (TPSA) is 21.3 Å². The van der Waals surface area contributed by atoms with Crippen LogP contribution in [0.1, 0.15) is 76.5 Å². The zero-order valence-corrected chi connectivity index (χ0v) is 14.1. The standard InChI is InChI=1S/C19H31NO/c1-5-6-19-13-18(11-12-21-19)20-15(4)17-9-7-16(8-10-17)14(2)3/h7-10,14-15,18-20H,5-6,11-13H2,1-4H3. The van der Waals surface area contributed by atoms with Crippen molar-refractivity contribution in [2.24, 2.45) is 0 Å². The van der Waals surface area contributed by atoms with Gasteiger partial charge in [0.25, 0.3) is 0 Å². The SMILES string of the molecule is CCCC1CC(NC(C)c2ccc(C(C)C)cc2)CCO1. The monoisotopic (exact) mass is 289 g/mol. The largest absolute Gasteiger partial charge is 0.378 e. The van der Waals surface area contributed by atoms with Crippen molar-refractivity contribution in [3.05, 3.63) is 35.4 Å². The zero-order chi connectivity index (χ0) is 15.2. The Morgan fingerprint density at radius 1 is 1.14 bits per heavy atom. The van der Waals surface area contributed by atoms with Gasteiger partial charge in [0, 0.05) is 18.7 Å². The third-order valence-corrected chi connectivity index (χ3v) is 4.57. The van der Waals surface area contributed by atoms with Gasteiger partial charge >= 0.3 is 0 Å². The van der Waals surface area contributed by atoms with Crippen LogP contribution < -0.4 is 5.32 Å². The number of ether oxygens (including phenoxy) is 1. The van der Waals surface area contributed by atoms with E-state index in [0.717, 1.165) is 19.4 Å². The molecule has 0 radical (unpaired) electrons. The molecule has 3 unspecified atom stereocenters. The maximum absolute atomic E-state index is 5.84. The molecule has 21 heavy (non-hydrogen) atoms. The summed E-state index contributed by atoms with van der Waals surface area (Å²) in [6, 6.07) is 10.1. The number of hydrogen-bond acceptors (Lipinski definition) is 2. The van der Waals surface area contributed by atoms with Crippen LogP contribution in [0.3, 0.4) is 0 Å². The molecular weight excluding hydrogens is 258 g/mol. The summed E-state index contributed by atoms with van der Waals surface area (Å²) >= 11 is 0. The smallest absolute Gasteiger partial charge is 0.0589 e. The van der Waals surface area contributed by atoms with E-state index >= 15 is 0 Å². The summed E-state index contributed by atoms with van der Waals surface area (Å²) < 4.78 is 5.84. The van der Waals surface area contributed by atoms with Crippen LogP contribution in [-0.4, -0.2) is 18.8 Å². The molecule has 1 fully saturated rings. The van der Waals surface area contributed by atoms with Crippen LogP contribution in [0.4, 0.5) is 0 Å². The molecule has 0 aliphatic carbocycles. The van der Waals surface area contributed by atoms with Gasteiger partial charge in [-0.3, -0.25) is 0 Å². The predicted molar refractivity (Wildman–Crippen MR) is 89.8 cm³/mol. The van der Waals surface area contributed by atoms with Gasteiger partial charge in [-0.2, -0.15) is 0 Å². The van der Waals surface area contributed by atoms with Crippen LogP contribution in [0.2, 0.25) is 0 Å². The van der Waals surface area contributed by atoms with E-state index in [4.69, 9.17) is 4.74 Å². The average molecular weight is 289 g/mol. The Kier molecular flexibility index (Phi) is 6.25. The van der Waals surface area contributed by atoms with Gasteiger partial charge in [-0.25, -0.2) is 0 Å². The van der Waals surface area contributed by atoms with Crippen LogP contribution in [0, 0.1) is 0 Å². The minimum atomic E-state index is 0.414. The van der Waals surface area contributed by atoms with Crippen LogP contribution in [0.15, 0.2) is 24.3 Å². The van der Waals surface area contributed by atoms with Crippen molar-refractivity contribution in [1.29, 1.82) is 0 Å². The lowest BCUT2D eigenvalue weighted by Crippen LogP contribution is -2.40. The Bertz CT molecular complexity index is 410. The summed E-state index contributed by atoms with van der Waals surface area (Å²) in [5, 5.41) is 3.79. The first kappa shape index (κ1) is 16.5. The minimum absolute atomic E-state index is 0.414. The van der Waals surface area contributed by atoms with Crippen molar-refractivity contribution in [1.82, 2.24) is 5.32 Å². The van der Waals surface area contributed by atoms with Crippen molar-refractivity contribution in [2.45, 2.75) is 77.5 Å². The highest BCUT2D eigenvalue weighted by Gasteiger charge is 2.23. The fraction of sp³-hybridized carbons (Fsp3) is 0.684. The molecule has 0 amide bonds. The first-order valence-electron chi connectivity index (χ1n) is 8.57. The lowest BCUT2D eigenvalue weighted by Gasteiger charge is -2.32. The summed E-state index contributed by atoms with van der Waals surface area (Å²) in [5.74, 6) is 0.604. The second-order valence-electron chi connectivity index (χ2n) is 6.71. The van der Waals surface area contributed by atoms with E-state index in [1.54, 1.807) is 0 Å². The van der Waals surface area contributed by atoms with Crippen LogP contribution >= 0.6 is 0 Å². The number of nitrogens with one attached hydrogen (secondary N) is 1. The number of benzene rings is 1. The quantitative estimate of drug-likeness (QED) is 0.811. The average Bonchev–Trinajstić information content (AvgIpc) is 2.48. The summed E-state index contributed by atoms with van der Waals surface area (Å²) in [6.45, 7) is 9.90. The molecule has 0 saturated carbocycles. The maximum Gasteiger partial charge on any atom is 0.0589 e. The summed E-state index contributed by atoms with van der Waals surface area (Å²) in [6.07, 6.45) is 5.15. The Balaban J connectivity index is 1.89. The van der Waals surface area contributed by atoms with Crippen molar-refractivity contribution < 1.29 is 4.74 Å². The van der Waals surface area contributed by atoms with Crippen LogP contribution in [0.5, 0.6) is 0 Å². The Labute approximate surface area is 130 Å². The molecule has 1 saturated heterocycles. The molecule has 1 aliphatic rings. The van der Waals surface area contributed by atoms with Gasteiger partial charge in [-0.05, 0) is 43.2 Å². The maximum atomic E-state index is 5.84. The second-order valence-corrected chi connectivity index (χ2v) is 6.71. The van der Waals surface area contributed by atoms with E-state index in [9.17, 15) is 0 Å². The molecule has 1 aromatic carbocycles. The third-order valence-electron chi connectivity index (χ3n) is 4.57. The molecule has 1 aromatic rings. The van der Waals surface area contributed by atoms with Crippen molar-refractivity contribution in [3.63, 3.8) is 0 Å². The molecule has 1 N–H and O–H groups in total. The summed E-state index contributed by atoms with van der Waals surface area (Å²) in [4.78, 5) is 0. The van der Waals surface area contributed by atoms with Gasteiger partial charge in [0.05, 0.1) is 6.10 Å². The molecule has 2 heteroatoms. The zero-order valence-electron chi connectivity index (χ0n) is 14.1. The molecule has 1 heterocycles. The fourth-order valence-electron chi connectivity index (χ4n) is 3.17. The molecule has 1 aliphatic heterocycles. The molecule has 2 rings (SSSR count). The number of rotatable bonds is 6. The van der Waals surface area contributed by atoms with E-state index < -0.39 is 0 Å². The second kappa shape index (κ2) is 7.95. The van der Waals surface area contributed by atoms with E-state index in [2.05, 4.69) is 57.3 Å². The van der Waals surface area contributed by atoms with Crippen LogP contribution in [0.25, 0.3) is 0 Å². The summed E-state index contributed by atoms with van der Waals surface area (Å²) in [7, 11) is 0. The van der Waals surface area contributed by atoms with E-state index in [-0.39, 0.29) is 0 Å². The fourth-order valence-corrected chi connectivity index (χ4v) is 3.17. The van der Waals surface area contributed by atoms with Crippen molar-refractivity contribution >= 4 is 0 Å². The van der Waals surface area contributed by atoms with Gasteiger partial charge in [0.1, 0.15) is 0 Å². The Morgan fingerprint density at radius 2 is 1.81 bits per heavy atom. The molecule has 3 atom stereocenters. The van der Waals surface area contributed by atoms with E-state index in [0.29, 0.717) is 24.1 Å². The molecular formula is C19H31NO. The Hall–Kier alpha value is -0.860. The molecule has 118 valence electrons. The summed E-state index contributed by atoms with van der Waals surface area (Å²) in [5.41, 5.74) is 2.80. The minimum Gasteiger partial charge on any atom is -0.378 e. The predicted octanol–water partition coefficient (Wildman–Crippen LogP) is 4.81. The lowest BCUT2D eigenvalue weighted by molar-refractivity contribution is -0.00472. The Morgan fingerprint density at radius 3 is 2.43 bits per heavy atom. The van der Waals surface area contributed by atoms with Crippen molar-refractivity contribution in [2.75, 3.05) is 6.61 Å². The normalized spacial score (nSPS) is 24.2. The first-order valence-corrected chi connectivity index (χ1v) is 8.57. The van der Waals surface area contributed by atoms with Gasteiger partial charge in [0.2, 0.25) is 0 Å². The van der Waals surface area contributed by atoms with Crippen LogP contribution in [-0.2, 0) is 4.74 Å². The van der Waals surface area contributed by atoms with Gasteiger partial charge < -0.3 is 10.1 Å². The van der Waals surface area contributed by atoms with Crippen molar-refractivity contribution in [3.8, 4) is 0 Å². The van der Waals surface area contributed by atoms with E-state index in [1.165, 1.54) is 24.0 Å². The highest BCUT2D eigenvalue weighted by Crippen LogP contribution is 2.23. The number of hydrogen-bond donors (Lipinski definition) is 1. The molecule has 0 spiro atoms. The molecule has 0 aromatic heterocycles. The highest BCUT2D eigenvalue weighted by molar-refractivity contribution is 5.26. The highest BCUT2D eigenvalue weighted by atomic mass is 16.5. The molecule has 2 nitrogen and oxygen atoms in total. The molecule has 0 bridgehead atoms. The van der Waals surface area contributed by atoms with Gasteiger partial charge in [-0.1, -0.05) is 51.5 Å². The van der Waals surface area contributed by atoms with Gasteiger partial charge in [0.15, 0.2) is 0 Å². The van der Waals surface area contributed by atoms with E-state index in [1.807, 2.05) is 0 Å². The third kappa shape index (κ3) is 4.82.